The number of carbonyl (C=O) groups excluding carboxylic acids is 1. The molecule has 1 aromatic carbocycles. The summed E-state index contributed by atoms with van der Waals surface area (Å²) in [5.74, 6) is -1.27. The predicted molar refractivity (Wildman–Crippen MR) is 78.7 cm³/mol. The third kappa shape index (κ3) is 3.87. The average molecular weight is 332 g/mol. The van der Waals surface area contributed by atoms with E-state index in [1.165, 1.54) is 4.90 Å². The Balaban J connectivity index is 2.00. The van der Waals surface area contributed by atoms with Gasteiger partial charge >= 0.3 is 5.97 Å². The van der Waals surface area contributed by atoms with Gasteiger partial charge in [-0.25, -0.2) is 4.79 Å². The second-order valence-corrected chi connectivity index (χ2v) is 5.51. The molecule has 0 aliphatic carbocycles. The van der Waals surface area contributed by atoms with Crippen LogP contribution < -0.4 is 0 Å². The number of hydrogen-bond donors (Lipinski definition) is 1. The van der Waals surface area contributed by atoms with Crippen LogP contribution in [-0.2, 0) is 20.7 Å². The van der Waals surface area contributed by atoms with Crippen LogP contribution in [0.3, 0.4) is 0 Å². The zero-order valence-corrected chi connectivity index (χ0v) is 12.7. The van der Waals surface area contributed by atoms with Gasteiger partial charge in [0.05, 0.1) is 23.3 Å². The van der Waals surface area contributed by atoms with E-state index in [4.69, 9.17) is 33.0 Å². The first kappa shape index (κ1) is 16.1. The highest BCUT2D eigenvalue weighted by Gasteiger charge is 2.32. The molecule has 1 unspecified atom stereocenters. The largest absolute Gasteiger partial charge is 0.480 e. The summed E-state index contributed by atoms with van der Waals surface area (Å²) < 4.78 is 5.11. The summed E-state index contributed by atoms with van der Waals surface area (Å²) in [5, 5.41) is 9.99. The molecule has 0 aromatic heterocycles. The Hall–Kier alpha value is -1.30. The number of carbonyl (C=O) groups is 2. The van der Waals surface area contributed by atoms with E-state index in [1.54, 1.807) is 18.2 Å². The first-order valence-corrected chi connectivity index (χ1v) is 7.29. The minimum Gasteiger partial charge on any atom is -0.480 e. The van der Waals surface area contributed by atoms with E-state index in [1.807, 2.05) is 0 Å². The standard InChI is InChI=1S/C14H15Cl2NO4/c15-10-3-1-2-9(13(10)16)4-5-12(18)17-6-7-21-8-11(17)14(19)20/h1-3,11H,4-8H2,(H,19,20). The maximum absolute atomic E-state index is 12.2. The van der Waals surface area contributed by atoms with Gasteiger partial charge in [0, 0.05) is 13.0 Å². The van der Waals surface area contributed by atoms with E-state index >= 15 is 0 Å². The Labute approximate surface area is 132 Å². The predicted octanol–water partition coefficient (Wildman–Crippen LogP) is 2.24. The van der Waals surface area contributed by atoms with E-state index < -0.39 is 12.0 Å². The van der Waals surface area contributed by atoms with Gasteiger partial charge in [-0.1, -0.05) is 35.3 Å². The summed E-state index contributed by atoms with van der Waals surface area (Å²) in [6.07, 6.45) is 0.603. The van der Waals surface area contributed by atoms with Gasteiger partial charge in [-0.2, -0.15) is 0 Å². The lowest BCUT2D eigenvalue weighted by atomic mass is 10.1. The number of nitrogens with zero attached hydrogens (tertiary/aromatic N) is 1. The van der Waals surface area contributed by atoms with Gasteiger partial charge in [0.25, 0.3) is 0 Å². The maximum atomic E-state index is 12.2. The number of halogens is 2. The van der Waals surface area contributed by atoms with E-state index in [2.05, 4.69) is 0 Å². The minimum atomic E-state index is -1.05. The second-order valence-electron chi connectivity index (χ2n) is 4.73. The summed E-state index contributed by atoms with van der Waals surface area (Å²) >= 11 is 12.0. The fourth-order valence-electron chi connectivity index (χ4n) is 2.23. The van der Waals surface area contributed by atoms with Crippen molar-refractivity contribution in [2.45, 2.75) is 18.9 Å². The number of hydrogen-bond acceptors (Lipinski definition) is 3. The highest BCUT2D eigenvalue weighted by molar-refractivity contribution is 6.42. The molecule has 1 aliphatic rings. The van der Waals surface area contributed by atoms with Crippen molar-refractivity contribution in [3.05, 3.63) is 33.8 Å². The molecule has 0 bridgehead atoms. The van der Waals surface area contributed by atoms with Crippen LogP contribution in [0.2, 0.25) is 10.0 Å². The Bertz CT molecular complexity index is 550. The number of carboxylic acid groups (broad SMARTS) is 1. The highest BCUT2D eigenvalue weighted by Crippen LogP contribution is 2.26. The lowest BCUT2D eigenvalue weighted by Gasteiger charge is -2.33. The van der Waals surface area contributed by atoms with Crippen LogP contribution in [0.5, 0.6) is 0 Å². The summed E-state index contributed by atoms with van der Waals surface area (Å²) in [6.45, 7) is 0.672. The van der Waals surface area contributed by atoms with Crippen molar-refractivity contribution in [1.29, 1.82) is 0 Å². The summed E-state index contributed by atoms with van der Waals surface area (Å²) in [4.78, 5) is 24.7. The summed E-state index contributed by atoms with van der Waals surface area (Å²) in [6, 6.07) is 4.33. The first-order valence-electron chi connectivity index (χ1n) is 6.53. The quantitative estimate of drug-likeness (QED) is 0.918. The zero-order valence-electron chi connectivity index (χ0n) is 11.2. The third-order valence-corrected chi connectivity index (χ3v) is 4.23. The van der Waals surface area contributed by atoms with Crippen LogP contribution in [0.1, 0.15) is 12.0 Å². The van der Waals surface area contributed by atoms with Crippen LogP contribution in [0.4, 0.5) is 0 Å². The number of morpholine rings is 1. The molecule has 1 aliphatic heterocycles. The molecule has 5 nitrogen and oxygen atoms in total. The average Bonchev–Trinajstić information content (AvgIpc) is 2.48. The van der Waals surface area contributed by atoms with E-state index in [0.717, 1.165) is 5.56 Å². The number of aliphatic carboxylic acids is 1. The molecule has 21 heavy (non-hydrogen) atoms. The van der Waals surface area contributed by atoms with Crippen molar-refractivity contribution in [3.63, 3.8) is 0 Å². The fraction of sp³-hybridized carbons (Fsp3) is 0.429. The van der Waals surface area contributed by atoms with Gasteiger partial charge in [-0.15, -0.1) is 0 Å². The van der Waals surface area contributed by atoms with Crippen molar-refractivity contribution < 1.29 is 19.4 Å². The number of amides is 1. The Morgan fingerprint density at radius 1 is 1.38 bits per heavy atom. The SMILES string of the molecule is O=C(O)C1COCCN1C(=O)CCc1cccc(Cl)c1Cl. The summed E-state index contributed by atoms with van der Waals surface area (Å²) in [5.41, 5.74) is 0.776. The molecule has 0 saturated carbocycles. The smallest absolute Gasteiger partial charge is 0.328 e. The van der Waals surface area contributed by atoms with Gasteiger partial charge in [0.2, 0.25) is 5.91 Å². The lowest BCUT2D eigenvalue weighted by molar-refractivity contribution is -0.158. The molecule has 0 radical (unpaired) electrons. The van der Waals surface area contributed by atoms with Crippen molar-refractivity contribution in [2.24, 2.45) is 0 Å². The molecular weight excluding hydrogens is 317 g/mol. The fourth-order valence-corrected chi connectivity index (χ4v) is 2.65. The highest BCUT2D eigenvalue weighted by atomic mass is 35.5. The Morgan fingerprint density at radius 3 is 2.86 bits per heavy atom. The lowest BCUT2D eigenvalue weighted by Crippen LogP contribution is -2.52. The molecular formula is C14H15Cl2NO4. The van der Waals surface area contributed by atoms with E-state index in [-0.39, 0.29) is 18.9 Å². The molecule has 1 heterocycles. The zero-order chi connectivity index (χ0) is 15.4. The van der Waals surface area contributed by atoms with Crippen molar-refractivity contribution in [1.82, 2.24) is 4.90 Å². The number of benzene rings is 1. The number of rotatable bonds is 4. The van der Waals surface area contributed by atoms with Crippen LogP contribution in [0.25, 0.3) is 0 Å². The van der Waals surface area contributed by atoms with Crippen LogP contribution >= 0.6 is 23.2 Å². The van der Waals surface area contributed by atoms with Crippen molar-refractivity contribution in [2.75, 3.05) is 19.8 Å². The molecule has 114 valence electrons. The summed E-state index contributed by atoms with van der Waals surface area (Å²) in [7, 11) is 0. The first-order chi connectivity index (χ1) is 10.0. The van der Waals surface area contributed by atoms with Gasteiger partial charge in [-0.3, -0.25) is 4.79 Å². The van der Waals surface area contributed by atoms with Crippen molar-refractivity contribution >= 4 is 35.1 Å². The van der Waals surface area contributed by atoms with Crippen LogP contribution in [-0.4, -0.2) is 47.7 Å². The molecule has 0 spiro atoms. The topological polar surface area (TPSA) is 66.8 Å². The van der Waals surface area contributed by atoms with Gasteiger partial charge in [0.1, 0.15) is 0 Å². The van der Waals surface area contributed by atoms with Gasteiger partial charge < -0.3 is 14.7 Å². The molecule has 1 aromatic rings. The second kappa shape index (κ2) is 7.11. The molecule has 1 fully saturated rings. The number of carboxylic acids is 1. The molecule has 7 heteroatoms. The monoisotopic (exact) mass is 331 g/mol. The maximum Gasteiger partial charge on any atom is 0.328 e. The van der Waals surface area contributed by atoms with Crippen LogP contribution in [0.15, 0.2) is 18.2 Å². The van der Waals surface area contributed by atoms with Crippen LogP contribution in [0, 0.1) is 0 Å². The van der Waals surface area contributed by atoms with Gasteiger partial charge in [-0.05, 0) is 18.1 Å². The molecule has 1 atom stereocenters. The minimum absolute atomic E-state index is 0.0268. The molecule has 1 amide bonds. The van der Waals surface area contributed by atoms with E-state index in [0.29, 0.717) is 29.6 Å². The third-order valence-electron chi connectivity index (χ3n) is 3.37. The van der Waals surface area contributed by atoms with Gasteiger partial charge in [0.15, 0.2) is 6.04 Å². The number of aryl methyl sites for hydroxylation is 1. The van der Waals surface area contributed by atoms with Crippen molar-refractivity contribution in [3.8, 4) is 0 Å². The Morgan fingerprint density at radius 2 is 2.14 bits per heavy atom. The molecule has 1 saturated heterocycles. The van der Waals surface area contributed by atoms with E-state index in [9.17, 15) is 9.59 Å². The molecule has 2 rings (SSSR count). The normalized spacial score (nSPS) is 18.6. The Kier molecular flexibility index (Phi) is 5.45. The number of ether oxygens (including phenoxy) is 1. The molecule has 1 N–H and O–H groups in total.